The highest BCUT2D eigenvalue weighted by molar-refractivity contribution is 8.13. The number of thioether (sulfide) groups is 1. The summed E-state index contributed by atoms with van der Waals surface area (Å²) in [7, 11) is 0. The third-order valence-corrected chi connectivity index (χ3v) is 2.06. The number of aliphatic hydroxyl groups excluding tert-OH is 1. The van der Waals surface area contributed by atoms with Crippen molar-refractivity contribution in [3.8, 4) is 0 Å². The fourth-order valence-corrected chi connectivity index (χ4v) is 0.958. The Labute approximate surface area is 59.6 Å². The van der Waals surface area contributed by atoms with Gasteiger partial charge in [-0.3, -0.25) is 4.79 Å². The molecule has 0 radical (unpaired) electrons. The summed E-state index contributed by atoms with van der Waals surface area (Å²) in [6.45, 7) is 3.38. The van der Waals surface area contributed by atoms with Gasteiger partial charge < -0.3 is 5.11 Å². The van der Waals surface area contributed by atoms with Gasteiger partial charge in [0.2, 0.25) is 0 Å². The maximum absolute atomic E-state index is 10.9. The van der Waals surface area contributed by atoms with Crippen molar-refractivity contribution in [2.45, 2.75) is 13.8 Å². The Hall–Kier alpha value is -0.0200. The Morgan fingerprint density at radius 3 is 2.22 bits per heavy atom. The predicted molar refractivity (Wildman–Crippen MR) is 39.4 cm³/mol. The molecule has 0 saturated carbocycles. The molecule has 54 valence electrons. The lowest BCUT2D eigenvalue weighted by Gasteiger charge is -2.17. The first-order valence-electron chi connectivity index (χ1n) is 2.74. The molecule has 0 bridgehead atoms. The Balaban J connectivity index is 3.97. The van der Waals surface area contributed by atoms with Gasteiger partial charge in [0.1, 0.15) is 0 Å². The zero-order valence-electron chi connectivity index (χ0n) is 5.97. The van der Waals surface area contributed by atoms with Crippen molar-refractivity contribution in [3.05, 3.63) is 0 Å². The molecule has 0 heterocycles. The zero-order valence-corrected chi connectivity index (χ0v) is 6.79. The van der Waals surface area contributed by atoms with E-state index in [0.717, 1.165) is 11.8 Å². The van der Waals surface area contributed by atoms with Crippen LogP contribution in [-0.2, 0) is 4.79 Å². The van der Waals surface area contributed by atoms with Gasteiger partial charge in [-0.25, -0.2) is 0 Å². The van der Waals surface area contributed by atoms with Crippen LogP contribution in [-0.4, -0.2) is 23.1 Å². The van der Waals surface area contributed by atoms with Gasteiger partial charge >= 0.3 is 0 Å². The van der Waals surface area contributed by atoms with Crippen molar-refractivity contribution in [2.75, 3.05) is 12.9 Å². The van der Waals surface area contributed by atoms with Crippen LogP contribution < -0.4 is 0 Å². The summed E-state index contributed by atoms with van der Waals surface area (Å²) in [5, 5.41) is 8.69. The number of aliphatic hydroxyl groups is 1. The third-order valence-electron chi connectivity index (χ3n) is 1.13. The Morgan fingerprint density at radius 2 is 2.11 bits per heavy atom. The van der Waals surface area contributed by atoms with Gasteiger partial charge in [-0.05, 0) is 20.1 Å². The van der Waals surface area contributed by atoms with Crippen molar-refractivity contribution in [1.29, 1.82) is 0 Å². The highest BCUT2D eigenvalue weighted by Crippen LogP contribution is 2.20. The zero-order chi connectivity index (χ0) is 7.49. The molecule has 0 atom stereocenters. The molecule has 0 aliphatic heterocycles. The molecule has 0 fully saturated rings. The molecule has 1 N–H and O–H groups in total. The highest BCUT2D eigenvalue weighted by Gasteiger charge is 2.25. The fraction of sp³-hybridized carbons (Fsp3) is 0.833. The van der Waals surface area contributed by atoms with E-state index >= 15 is 0 Å². The van der Waals surface area contributed by atoms with Crippen LogP contribution in [0.15, 0.2) is 0 Å². The largest absolute Gasteiger partial charge is 0.395 e. The summed E-state index contributed by atoms with van der Waals surface area (Å²) in [5.74, 6) is 0. The molecular weight excluding hydrogens is 136 g/mol. The Bertz CT molecular complexity index is 110. The standard InChI is InChI=1S/C6H12O2S/c1-6(2,4-7)5(8)9-3/h7H,4H2,1-3H3. The Morgan fingerprint density at radius 1 is 1.67 bits per heavy atom. The van der Waals surface area contributed by atoms with Crippen molar-refractivity contribution in [3.63, 3.8) is 0 Å². The maximum atomic E-state index is 10.9. The quantitative estimate of drug-likeness (QED) is 0.632. The van der Waals surface area contributed by atoms with Crippen molar-refractivity contribution in [2.24, 2.45) is 5.41 Å². The van der Waals surface area contributed by atoms with Crippen molar-refractivity contribution >= 4 is 16.9 Å². The number of hydrogen-bond acceptors (Lipinski definition) is 3. The molecule has 0 aliphatic carbocycles. The topological polar surface area (TPSA) is 37.3 Å². The van der Waals surface area contributed by atoms with E-state index in [2.05, 4.69) is 0 Å². The van der Waals surface area contributed by atoms with E-state index in [1.807, 2.05) is 0 Å². The van der Waals surface area contributed by atoms with E-state index in [-0.39, 0.29) is 11.7 Å². The van der Waals surface area contributed by atoms with E-state index < -0.39 is 5.41 Å². The summed E-state index contributed by atoms with van der Waals surface area (Å²) in [5.41, 5.74) is -0.570. The minimum Gasteiger partial charge on any atom is -0.395 e. The fourth-order valence-electron chi connectivity index (χ4n) is 0.341. The van der Waals surface area contributed by atoms with Gasteiger partial charge in [0.15, 0.2) is 5.12 Å². The third kappa shape index (κ3) is 2.37. The highest BCUT2D eigenvalue weighted by atomic mass is 32.2. The van der Waals surface area contributed by atoms with Crippen LogP contribution in [0.2, 0.25) is 0 Å². The minimum absolute atomic E-state index is 0.0324. The minimum atomic E-state index is -0.570. The second-order valence-electron chi connectivity index (χ2n) is 2.53. The first-order chi connectivity index (χ1) is 4.04. The predicted octanol–water partition coefficient (Wildman–Crippen LogP) is 0.895. The first kappa shape index (κ1) is 8.98. The second-order valence-corrected chi connectivity index (χ2v) is 3.31. The number of hydrogen-bond donors (Lipinski definition) is 1. The summed E-state index contributed by atoms with van der Waals surface area (Å²) < 4.78 is 0. The summed E-state index contributed by atoms with van der Waals surface area (Å²) >= 11 is 1.16. The normalized spacial score (nSPS) is 11.6. The van der Waals surface area contributed by atoms with Crippen LogP contribution in [0.3, 0.4) is 0 Å². The molecule has 3 heteroatoms. The molecule has 0 amide bonds. The molecule has 0 aliphatic rings. The Kier molecular flexibility index (Phi) is 3.22. The molecule has 0 rings (SSSR count). The molecule has 9 heavy (non-hydrogen) atoms. The lowest BCUT2D eigenvalue weighted by atomic mass is 9.97. The first-order valence-corrected chi connectivity index (χ1v) is 3.96. The monoisotopic (exact) mass is 148 g/mol. The van der Waals surface area contributed by atoms with Crippen molar-refractivity contribution < 1.29 is 9.90 Å². The van der Waals surface area contributed by atoms with Crippen LogP contribution in [0.4, 0.5) is 0 Å². The van der Waals surface area contributed by atoms with Gasteiger partial charge in [0.05, 0.1) is 12.0 Å². The molecule has 0 unspecified atom stereocenters. The average molecular weight is 148 g/mol. The molecule has 0 spiro atoms. The molecule has 2 nitrogen and oxygen atoms in total. The summed E-state index contributed by atoms with van der Waals surface area (Å²) in [6.07, 6.45) is 1.72. The molecular formula is C6H12O2S. The van der Waals surface area contributed by atoms with E-state index in [1.54, 1.807) is 20.1 Å². The number of rotatable bonds is 2. The lowest BCUT2D eigenvalue weighted by Crippen LogP contribution is -2.25. The van der Waals surface area contributed by atoms with Gasteiger partial charge in [0, 0.05) is 0 Å². The summed E-state index contributed by atoms with van der Waals surface area (Å²) in [6, 6.07) is 0. The molecule has 0 aromatic heterocycles. The second kappa shape index (κ2) is 3.22. The maximum Gasteiger partial charge on any atom is 0.196 e. The molecule has 0 aromatic rings. The van der Waals surface area contributed by atoms with Gasteiger partial charge in [-0.1, -0.05) is 11.8 Å². The van der Waals surface area contributed by atoms with Crippen LogP contribution in [0, 0.1) is 5.41 Å². The van der Waals surface area contributed by atoms with E-state index in [9.17, 15) is 4.79 Å². The van der Waals surface area contributed by atoms with Gasteiger partial charge in [-0.2, -0.15) is 0 Å². The SMILES string of the molecule is CSC(=O)C(C)(C)CO. The summed E-state index contributed by atoms with van der Waals surface area (Å²) in [4.78, 5) is 10.9. The van der Waals surface area contributed by atoms with Gasteiger partial charge in [0.25, 0.3) is 0 Å². The van der Waals surface area contributed by atoms with Crippen molar-refractivity contribution in [1.82, 2.24) is 0 Å². The molecule has 0 aromatic carbocycles. The number of carbonyl (C=O) groups is 1. The molecule has 0 saturated heterocycles. The van der Waals surface area contributed by atoms with Crippen LogP contribution in [0.1, 0.15) is 13.8 Å². The smallest absolute Gasteiger partial charge is 0.196 e. The van der Waals surface area contributed by atoms with Crippen LogP contribution in [0.5, 0.6) is 0 Å². The average Bonchev–Trinajstić information content (AvgIpc) is 1.86. The van der Waals surface area contributed by atoms with E-state index in [1.165, 1.54) is 0 Å². The van der Waals surface area contributed by atoms with E-state index in [4.69, 9.17) is 5.11 Å². The van der Waals surface area contributed by atoms with Gasteiger partial charge in [-0.15, -0.1) is 0 Å². The number of carbonyl (C=O) groups excluding carboxylic acids is 1. The van der Waals surface area contributed by atoms with E-state index in [0.29, 0.717) is 0 Å². The van der Waals surface area contributed by atoms with Crippen LogP contribution >= 0.6 is 11.8 Å². The van der Waals surface area contributed by atoms with Crippen LogP contribution in [0.25, 0.3) is 0 Å². The lowest BCUT2D eigenvalue weighted by molar-refractivity contribution is -0.119.